The number of carbonyl (C=O) groups is 4. The molecular formula is C26H23N3O5. The third-order valence-electron chi connectivity index (χ3n) is 5.74. The van der Waals surface area contributed by atoms with E-state index in [0.717, 1.165) is 4.90 Å². The molecule has 1 saturated heterocycles. The fourth-order valence-corrected chi connectivity index (χ4v) is 3.73. The summed E-state index contributed by atoms with van der Waals surface area (Å²) < 4.78 is 5.14. The van der Waals surface area contributed by atoms with E-state index >= 15 is 0 Å². The molecule has 2 N–H and O–H groups in total. The first-order valence-corrected chi connectivity index (χ1v) is 10.6. The van der Waals surface area contributed by atoms with E-state index in [1.807, 2.05) is 6.07 Å². The summed E-state index contributed by atoms with van der Waals surface area (Å²) in [5.74, 6) is -0.553. The van der Waals surface area contributed by atoms with Crippen LogP contribution in [0.25, 0.3) is 0 Å². The van der Waals surface area contributed by atoms with Gasteiger partial charge >= 0.3 is 6.03 Å². The Morgan fingerprint density at radius 3 is 2.18 bits per heavy atom. The van der Waals surface area contributed by atoms with Crippen molar-refractivity contribution in [3.8, 4) is 5.75 Å². The number of hydrogen-bond donors (Lipinski definition) is 2. The van der Waals surface area contributed by atoms with Crippen molar-refractivity contribution in [1.29, 1.82) is 0 Å². The van der Waals surface area contributed by atoms with Crippen LogP contribution in [0.1, 0.15) is 33.2 Å². The van der Waals surface area contributed by atoms with Gasteiger partial charge in [-0.3, -0.25) is 19.3 Å². The van der Waals surface area contributed by atoms with Crippen molar-refractivity contribution < 1.29 is 23.9 Å². The van der Waals surface area contributed by atoms with Gasteiger partial charge in [0.1, 0.15) is 11.3 Å². The fourth-order valence-electron chi connectivity index (χ4n) is 3.73. The van der Waals surface area contributed by atoms with Gasteiger partial charge in [-0.25, -0.2) is 4.79 Å². The SMILES string of the molecule is COc1ccc(C2(C)NC(=O)N(CC(=O)c3ccc(NC(=O)c4ccccc4)cc3)C2=O)cc1. The number of amides is 4. The van der Waals surface area contributed by atoms with Crippen molar-refractivity contribution in [3.63, 3.8) is 0 Å². The van der Waals surface area contributed by atoms with Crippen LogP contribution in [0.15, 0.2) is 78.9 Å². The van der Waals surface area contributed by atoms with Gasteiger partial charge in [0.25, 0.3) is 11.8 Å². The normalized spacial score (nSPS) is 17.3. The lowest BCUT2D eigenvalue weighted by Crippen LogP contribution is -2.41. The first kappa shape index (κ1) is 22.7. The second-order valence-corrected chi connectivity index (χ2v) is 8.00. The topological polar surface area (TPSA) is 105 Å². The molecule has 1 heterocycles. The molecule has 0 spiro atoms. The highest BCUT2D eigenvalue weighted by Gasteiger charge is 2.49. The average Bonchev–Trinajstić information content (AvgIpc) is 3.08. The van der Waals surface area contributed by atoms with Gasteiger partial charge in [0.05, 0.1) is 13.7 Å². The van der Waals surface area contributed by atoms with Gasteiger partial charge < -0.3 is 15.4 Å². The molecule has 0 aromatic heterocycles. The number of benzene rings is 3. The summed E-state index contributed by atoms with van der Waals surface area (Å²) in [7, 11) is 1.54. The molecule has 1 aliphatic rings. The molecule has 1 atom stereocenters. The van der Waals surface area contributed by atoms with Crippen LogP contribution in [0, 0.1) is 0 Å². The largest absolute Gasteiger partial charge is 0.497 e. The maximum absolute atomic E-state index is 13.1. The van der Waals surface area contributed by atoms with Crippen LogP contribution in [0.4, 0.5) is 10.5 Å². The Morgan fingerprint density at radius 1 is 0.912 bits per heavy atom. The van der Waals surface area contributed by atoms with Crippen LogP contribution >= 0.6 is 0 Å². The number of carbonyl (C=O) groups excluding carboxylic acids is 4. The van der Waals surface area contributed by atoms with Gasteiger partial charge in [-0.05, 0) is 61.0 Å². The molecule has 172 valence electrons. The van der Waals surface area contributed by atoms with E-state index in [9.17, 15) is 19.2 Å². The van der Waals surface area contributed by atoms with Crippen LogP contribution in [0.5, 0.6) is 5.75 Å². The molecule has 1 aliphatic heterocycles. The third kappa shape index (κ3) is 4.38. The Labute approximate surface area is 196 Å². The lowest BCUT2D eigenvalue weighted by molar-refractivity contribution is -0.130. The summed E-state index contributed by atoms with van der Waals surface area (Å²) in [6.07, 6.45) is 0. The quantitative estimate of drug-likeness (QED) is 0.417. The number of rotatable bonds is 7. The van der Waals surface area contributed by atoms with Crippen LogP contribution in [0.2, 0.25) is 0 Å². The summed E-state index contributed by atoms with van der Waals surface area (Å²) in [6.45, 7) is 1.20. The molecule has 8 heteroatoms. The van der Waals surface area contributed by atoms with Crippen molar-refractivity contribution >= 4 is 29.3 Å². The minimum absolute atomic E-state index is 0.267. The lowest BCUT2D eigenvalue weighted by atomic mass is 9.92. The molecule has 0 saturated carbocycles. The third-order valence-corrected chi connectivity index (χ3v) is 5.74. The predicted molar refractivity (Wildman–Crippen MR) is 126 cm³/mol. The highest BCUT2D eigenvalue weighted by Crippen LogP contribution is 2.30. The highest BCUT2D eigenvalue weighted by molar-refractivity contribution is 6.11. The molecule has 4 amide bonds. The fraction of sp³-hybridized carbons (Fsp3) is 0.154. The molecule has 0 bridgehead atoms. The summed E-state index contributed by atoms with van der Waals surface area (Å²) >= 11 is 0. The van der Waals surface area contributed by atoms with Gasteiger partial charge in [-0.1, -0.05) is 30.3 Å². The molecule has 8 nitrogen and oxygen atoms in total. The maximum Gasteiger partial charge on any atom is 0.325 e. The minimum Gasteiger partial charge on any atom is -0.497 e. The van der Waals surface area contributed by atoms with Crippen LogP contribution in [-0.4, -0.2) is 42.2 Å². The Bertz CT molecular complexity index is 1240. The number of ether oxygens (including phenoxy) is 1. The van der Waals surface area contributed by atoms with E-state index in [1.54, 1.807) is 79.7 Å². The first-order chi connectivity index (χ1) is 16.3. The van der Waals surface area contributed by atoms with E-state index in [4.69, 9.17) is 4.74 Å². The lowest BCUT2D eigenvalue weighted by Gasteiger charge is -2.22. The Kier molecular flexibility index (Phi) is 6.14. The van der Waals surface area contributed by atoms with E-state index in [2.05, 4.69) is 10.6 Å². The predicted octanol–water partition coefficient (Wildman–Crippen LogP) is 3.60. The van der Waals surface area contributed by atoms with Gasteiger partial charge in [0.2, 0.25) is 0 Å². The number of anilines is 1. The number of ketones is 1. The van der Waals surface area contributed by atoms with Gasteiger partial charge in [-0.2, -0.15) is 0 Å². The second kappa shape index (κ2) is 9.19. The molecule has 1 fully saturated rings. The number of urea groups is 1. The summed E-state index contributed by atoms with van der Waals surface area (Å²) in [6, 6.07) is 21.2. The van der Waals surface area contributed by atoms with Crippen molar-refractivity contribution in [2.45, 2.75) is 12.5 Å². The number of Topliss-reactive ketones (excluding diaryl/α,β-unsaturated/α-hetero) is 1. The molecule has 0 radical (unpaired) electrons. The zero-order valence-electron chi connectivity index (χ0n) is 18.7. The Morgan fingerprint density at radius 2 is 1.56 bits per heavy atom. The van der Waals surface area contributed by atoms with Crippen molar-refractivity contribution in [2.75, 3.05) is 19.0 Å². The van der Waals surface area contributed by atoms with Gasteiger partial charge in [-0.15, -0.1) is 0 Å². The van der Waals surface area contributed by atoms with Gasteiger partial charge in [0.15, 0.2) is 5.78 Å². The average molecular weight is 457 g/mol. The molecule has 3 aromatic rings. The van der Waals surface area contributed by atoms with E-state index < -0.39 is 29.8 Å². The molecular weight excluding hydrogens is 434 g/mol. The molecule has 4 rings (SSSR count). The zero-order valence-corrected chi connectivity index (χ0v) is 18.7. The van der Waals surface area contributed by atoms with Crippen molar-refractivity contribution in [3.05, 3.63) is 95.6 Å². The molecule has 3 aromatic carbocycles. The smallest absolute Gasteiger partial charge is 0.325 e. The van der Waals surface area contributed by atoms with Crippen LogP contribution in [-0.2, 0) is 10.3 Å². The number of methoxy groups -OCH3 is 1. The minimum atomic E-state index is -1.28. The maximum atomic E-state index is 13.1. The number of imide groups is 1. The van der Waals surface area contributed by atoms with E-state index in [-0.39, 0.29) is 5.91 Å². The van der Waals surface area contributed by atoms with E-state index in [1.165, 1.54) is 7.11 Å². The Hall–Kier alpha value is -4.46. The van der Waals surface area contributed by atoms with Gasteiger partial charge in [0, 0.05) is 16.8 Å². The van der Waals surface area contributed by atoms with Crippen LogP contribution in [0.3, 0.4) is 0 Å². The second-order valence-electron chi connectivity index (χ2n) is 8.00. The number of nitrogens with one attached hydrogen (secondary N) is 2. The highest BCUT2D eigenvalue weighted by atomic mass is 16.5. The van der Waals surface area contributed by atoms with E-state index in [0.29, 0.717) is 28.1 Å². The number of nitrogens with zero attached hydrogens (tertiary/aromatic N) is 1. The molecule has 0 aliphatic carbocycles. The van der Waals surface area contributed by atoms with Crippen molar-refractivity contribution in [2.24, 2.45) is 0 Å². The molecule has 34 heavy (non-hydrogen) atoms. The zero-order chi connectivity index (χ0) is 24.3. The standard InChI is InChI=1S/C26H23N3O5/c1-26(19-10-14-21(34-2)15-11-19)24(32)29(25(33)28-26)16-22(30)17-8-12-20(13-9-17)27-23(31)18-6-4-3-5-7-18/h3-15H,16H2,1-2H3,(H,27,31)(H,28,33). The molecule has 1 unspecified atom stereocenters. The first-order valence-electron chi connectivity index (χ1n) is 10.6. The van der Waals surface area contributed by atoms with Crippen molar-refractivity contribution in [1.82, 2.24) is 10.2 Å². The number of hydrogen-bond acceptors (Lipinski definition) is 5. The summed E-state index contributed by atoms with van der Waals surface area (Å²) in [5, 5.41) is 5.44. The Balaban J connectivity index is 1.43. The summed E-state index contributed by atoms with van der Waals surface area (Å²) in [5.41, 5.74) is 0.653. The summed E-state index contributed by atoms with van der Waals surface area (Å²) in [4.78, 5) is 51.6. The monoisotopic (exact) mass is 457 g/mol. The van der Waals surface area contributed by atoms with Crippen LogP contribution < -0.4 is 15.4 Å².